The SMILES string of the molecule is CCN(CC1CCN(C(C)(C)C(F)(F)c2ccccc2)CC1)C(=O)c1cc2ccccc2[nH]1. The van der Waals surface area contributed by atoms with Crippen LogP contribution < -0.4 is 0 Å². The summed E-state index contributed by atoms with van der Waals surface area (Å²) in [4.78, 5) is 20.1. The van der Waals surface area contributed by atoms with E-state index < -0.39 is 11.5 Å². The highest BCUT2D eigenvalue weighted by atomic mass is 19.3. The largest absolute Gasteiger partial charge is 0.351 e. The zero-order chi connectivity index (χ0) is 23.6. The molecule has 0 bridgehead atoms. The summed E-state index contributed by atoms with van der Waals surface area (Å²) in [7, 11) is 0. The van der Waals surface area contributed by atoms with Crippen LogP contribution in [0.1, 0.15) is 49.7 Å². The van der Waals surface area contributed by atoms with Gasteiger partial charge in [0.15, 0.2) is 0 Å². The summed E-state index contributed by atoms with van der Waals surface area (Å²) >= 11 is 0. The first-order valence-electron chi connectivity index (χ1n) is 11.8. The quantitative estimate of drug-likeness (QED) is 0.483. The van der Waals surface area contributed by atoms with Gasteiger partial charge < -0.3 is 9.88 Å². The molecule has 1 saturated heterocycles. The number of para-hydroxylation sites is 1. The molecule has 1 amide bonds. The van der Waals surface area contributed by atoms with E-state index in [9.17, 15) is 4.79 Å². The molecule has 1 fully saturated rings. The summed E-state index contributed by atoms with van der Waals surface area (Å²) in [5.74, 6) is -2.66. The third-order valence-corrected chi connectivity index (χ3v) is 7.22. The number of amides is 1. The highest BCUT2D eigenvalue weighted by Crippen LogP contribution is 2.43. The molecule has 1 aliphatic rings. The average molecular weight is 454 g/mol. The van der Waals surface area contributed by atoms with Gasteiger partial charge in [0.2, 0.25) is 0 Å². The smallest absolute Gasteiger partial charge is 0.290 e. The number of alkyl halides is 2. The number of aromatic amines is 1. The van der Waals surface area contributed by atoms with E-state index in [1.165, 1.54) is 12.1 Å². The Morgan fingerprint density at radius 3 is 2.33 bits per heavy atom. The second kappa shape index (κ2) is 9.26. The number of H-pyrrole nitrogens is 1. The van der Waals surface area contributed by atoms with Crippen molar-refractivity contribution >= 4 is 16.8 Å². The standard InChI is InChI=1S/C27H33F2N3O/c1-4-31(25(33)24-18-21-10-8-9-13-23(21)30-24)19-20-14-16-32(17-15-20)26(2,3)27(28,29)22-11-6-5-7-12-22/h5-13,18,20,30H,4,14-17,19H2,1-3H3. The fourth-order valence-corrected chi connectivity index (χ4v) is 4.90. The Labute approximate surface area is 194 Å². The van der Waals surface area contributed by atoms with Crippen molar-refractivity contribution in [3.8, 4) is 0 Å². The molecular formula is C27H33F2N3O. The molecule has 0 atom stereocenters. The van der Waals surface area contributed by atoms with E-state index in [0.717, 1.165) is 23.7 Å². The Morgan fingerprint density at radius 1 is 1.06 bits per heavy atom. The number of halogens is 2. The second-order valence-corrected chi connectivity index (χ2v) is 9.54. The Bertz CT molecular complexity index is 1050. The number of hydrogen-bond donors (Lipinski definition) is 1. The van der Waals surface area contributed by atoms with E-state index in [1.807, 2.05) is 47.1 Å². The van der Waals surface area contributed by atoms with E-state index in [-0.39, 0.29) is 11.5 Å². The molecule has 0 radical (unpaired) electrons. The third-order valence-electron chi connectivity index (χ3n) is 7.22. The number of aromatic nitrogens is 1. The number of benzene rings is 2. The van der Waals surface area contributed by atoms with Crippen molar-refractivity contribution in [3.63, 3.8) is 0 Å². The molecule has 3 aromatic rings. The highest BCUT2D eigenvalue weighted by Gasteiger charge is 2.52. The number of carbonyl (C=O) groups excluding carboxylic acids is 1. The molecule has 4 nitrogen and oxygen atoms in total. The van der Waals surface area contributed by atoms with Crippen LogP contribution in [0.25, 0.3) is 10.9 Å². The average Bonchev–Trinajstić information content (AvgIpc) is 3.27. The van der Waals surface area contributed by atoms with Crippen molar-refractivity contribution in [2.45, 2.75) is 45.1 Å². The molecule has 4 rings (SSSR count). The van der Waals surface area contributed by atoms with Gasteiger partial charge in [-0.2, -0.15) is 8.78 Å². The first-order valence-corrected chi connectivity index (χ1v) is 11.8. The molecule has 0 unspecified atom stereocenters. The number of nitrogens with zero attached hydrogens (tertiary/aromatic N) is 2. The van der Waals surface area contributed by atoms with Crippen LogP contribution in [0.3, 0.4) is 0 Å². The molecule has 33 heavy (non-hydrogen) atoms. The summed E-state index contributed by atoms with van der Waals surface area (Å²) in [5, 5.41) is 1.02. The van der Waals surface area contributed by atoms with Crippen LogP contribution in [0.2, 0.25) is 0 Å². The van der Waals surface area contributed by atoms with Gasteiger partial charge in [0.25, 0.3) is 11.8 Å². The molecule has 6 heteroatoms. The molecule has 1 aliphatic heterocycles. The van der Waals surface area contributed by atoms with E-state index in [2.05, 4.69) is 4.98 Å². The van der Waals surface area contributed by atoms with Gasteiger partial charge in [-0.25, -0.2) is 0 Å². The molecular weight excluding hydrogens is 420 g/mol. The first kappa shape index (κ1) is 23.4. The second-order valence-electron chi connectivity index (χ2n) is 9.54. The minimum Gasteiger partial charge on any atom is -0.351 e. The van der Waals surface area contributed by atoms with Crippen LogP contribution in [0, 0.1) is 5.92 Å². The van der Waals surface area contributed by atoms with Crippen molar-refractivity contribution in [2.24, 2.45) is 5.92 Å². The monoisotopic (exact) mass is 453 g/mol. The Morgan fingerprint density at radius 2 is 1.70 bits per heavy atom. The van der Waals surface area contributed by atoms with Crippen molar-refractivity contribution in [2.75, 3.05) is 26.2 Å². The molecule has 176 valence electrons. The molecule has 0 spiro atoms. The number of piperidine rings is 1. The van der Waals surface area contributed by atoms with E-state index in [1.54, 1.807) is 32.0 Å². The number of hydrogen-bond acceptors (Lipinski definition) is 2. The Kier molecular flexibility index (Phi) is 6.57. The Hall–Kier alpha value is -2.73. The summed E-state index contributed by atoms with van der Waals surface area (Å²) in [6.07, 6.45) is 1.59. The van der Waals surface area contributed by atoms with Gasteiger partial charge in [-0.3, -0.25) is 9.69 Å². The van der Waals surface area contributed by atoms with Gasteiger partial charge in [-0.15, -0.1) is 0 Å². The van der Waals surface area contributed by atoms with Gasteiger partial charge in [0.05, 0.1) is 5.54 Å². The van der Waals surface area contributed by atoms with Crippen LogP contribution in [-0.4, -0.2) is 52.4 Å². The maximum Gasteiger partial charge on any atom is 0.290 e. The third kappa shape index (κ3) is 4.54. The van der Waals surface area contributed by atoms with Crippen LogP contribution in [0.5, 0.6) is 0 Å². The van der Waals surface area contributed by atoms with Crippen LogP contribution in [-0.2, 0) is 5.92 Å². The highest BCUT2D eigenvalue weighted by molar-refractivity contribution is 5.98. The van der Waals surface area contributed by atoms with Crippen molar-refractivity contribution < 1.29 is 13.6 Å². The number of carbonyl (C=O) groups is 1. The fourth-order valence-electron chi connectivity index (χ4n) is 4.90. The van der Waals surface area contributed by atoms with Gasteiger partial charge in [0.1, 0.15) is 5.69 Å². The summed E-state index contributed by atoms with van der Waals surface area (Å²) < 4.78 is 30.7. The lowest BCUT2D eigenvalue weighted by atomic mass is 9.85. The normalized spacial score (nSPS) is 16.3. The maximum absolute atomic E-state index is 15.4. The zero-order valence-electron chi connectivity index (χ0n) is 19.7. The van der Waals surface area contributed by atoms with Crippen LogP contribution >= 0.6 is 0 Å². The minimum atomic E-state index is -2.96. The number of fused-ring (bicyclic) bond motifs is 1. The summed E-state index contributed by atoms with van der Waals surface area (Å²) in [5.41, 5.74) is 0.313. The molecule has 2 heterocycles. The maximum atomic E-state index is 15.4. The number of rotatable bonds is 7. The molecule has 1 N–H and O–H groups in total. The zero-order valence-corrected chi connectivity index (χ0v) is 19.7. The van der Waals surface area contributed by atoms with Gasteiger partial charge in [0, 0.05) is 29.6 Å². The lowest BCUT2D eigenvalue weighted by Gasteiger charge is -2.47. The molecule has 2 aromatic carbocycles. The summed E-state index contributed by atoms with van der Waals surface area (Å²) in [6, 6.07) is 17.8. The van der Waals surface area contributed by atoms with Crippen LogP contribution in [0.15, 0.2) is 60.7 Å². The minimum absolute atomic E-state index is 0.00734. The molecule has 1 aromatic heterocycles. The van der Waals surface area contributed by atoms with Gasteiger partial charge >= 0.3 is 0 Å². The van der Waals surface area contributed by atoms with Crippen molar-refractivity contribution in [1.82, 2.24) is 14.8 Å². The molecule has 0 saturated carbocycles. The lowest BCUT2D eigenvalue weighted by molar-refractivity contribution is -0.143. The topological polar surface area (TPSA) is 39.3 Å². The first-order chi connectivity index (χ1) is 15.7. The van der Waals surface area contributed by atoms with Crippen LogP contribution in [0.4, 0.5) is 8.78 Å². The molecule has 0 aliphatic carbocycles. The summed E-state index contributed by atoms with van der Waals surface area (Å²) in [6.45, 7) is 7.71. The lowest BCUT2D eigenvalue weighted by Crippen LogP contribution is -2.57. The van der Waals surface area contributed by atoms with E-state index >= 15 is 8.78 Å². The number of nitrogens with one attached hydrogen (secondary N) is 1. The predicted molar refractivity (Wildman–Crippen MR) is 129 cm³/mol. The van der Waals surface area contributed by atoms with Gasteiger partial charge in [-0.1, -0.05) is 48.5 Å². The van der Waals surface area contributed by atoms with Crippen molar-refractivity contribution in [3.05, 3.63) is 71.9 Å². The Balaban J connectivity index is 1.39. The number of likely N-dealkylation sites (tertiary alicyclic amines) is 1. The van der Waals surface area contributed by atoms with Crippen molar-refractivity contribution in [1.29, 1.82) is 0 Å². The predicted octanol–water partition coefficient (Wildman–Crippen LogP) is 5.91. The van der Waals surface area contributed by atoms with Gasteiger partial charge in [-0.05, 0) is 64.8 Å². The fraction of sp³-hybridized carbons (Fsp3) is 0.444. The van der Waals surface area contributed by atoms with E-state index in [4.69, 9.17) is 0 Å². The van der Waals surface area contributed by atoms with E-state index in [0.29, 0.717) is 37.8 Å².